The third-order valence-corrected chi connectivity index (χ3v) is 3.05. The van der Waals surface area contributed by atoms with E-state index < -0.39 is 34.7 Å². The van der Waals surface area contributed by atoms with Crippen molar-refractivity contribution >= 4 is 48.4 Å². The van der Waals surface area contributed by atoms with Crippen molar-refractivity contribution in [3.8, 4) is 0 Å². The van der Waals surface area contributed by atoms with Crippen molar-refractivity contribution in [3.05, 3.63) is 0 Å². The summed E-state index contributed by atoms with van der Waals surface area (Å²) < 4.78 is 0. The maximum Gasteiger partial charge on any atom is 0.257 e. The number of azo groups is 1. The molecule has 0 unspecified atom stereocenters. The number of carbonyl (C=O) groups excluding carboxylic acids is 4. The highest BCUT2D eigenvalue weighted by Gasteiger charge is 2.46. The Morgan fingerprint density at radius 3 is 0.955 bits per heavy atom. The SMILES string of the molecule is CCC(N=NC(CC)(C(N)=O)C(N)=O)(C(N)=O)C(N)=O.Cl.Cl. The lowest BCUT2D eigenvalue weighted by Gasteiger charge is -2.24. The van der Waals surface area contributed by atoms with E-state index in [0.717, 1.165) is 0 Å². The van der Waals surface area contributed by atoms with E-state index in [-0.39, 0.29) is 37.7 Å². The zero-order valence-electron chi connectivity index (χ0n) is 12.1. The van der Waals surface area contributed by atoms with Gasteiger partial charge in [0.25, 0.3) is 23.6 Å². The number of carbonyl (C=O) groups is 4. The average molecular weight is 359 g/mol. The number of nitrogens with two attached hydrogens (primary N) is 4. The van der Waals surface area contributed by atoms with Gasteiger partial charge in [0.15, 0.2) is 0 Å². The summed E-state index contributed by atoms with van der Waals surface area (Å²) in [5.74, 6) is -4.63. The van der Waals surface area contributed by atoms with Crippen molar-refractivity contribution in [1.82, 2.24) is 0 Å². The first-order chi connectivity index (χ1) is 9.10. The number of hydrogen-bond acceptors (Lipinski definition) is 6. The van der Waals surface area contributed by atoms with Gasteiger partial charge in [-0.3, -0.25) is 19.2 Å². The summed E-state index contributed by atoms with van der Waals surface area (Å²) in [7, 11) is 0. The molecule has 8 N–H and O–H groups in total. The maximum atomic E-state index is 11.4. The van der Waals surface area contributed by atoms with Crippen molar-refractivity contribution in [2.75, 3.05) is 0 Å². The van der Waals surface area contributed by atoms with Crippen LogP contribution in [0.3, 0.4) is 0 Å². The standard InChI is InChI=1S/C10H18N6O4.2ClH/c1-3-9(5(11)17,6(12)18)15-16-10(4-2,7(13)19)8(14)20;;/h3-4H2,1-2H3,(H2,11,17)(H2,12,18)(H2,13,19)(H2,14,20);2*1H. The molecule has 0 bridgehead atoms. The third kappa shape index (κ3) is 4.28. The highest BCUT2D eigenvalue weighted by molar-refractivity contribution is 6.10. The van der Waals surface area contributed by atoms with Crippen LogP contribution in [0.5, 0.6) is 0 Å². The van der Waals surface area contributed by atoms with Gasteiger partial charge >= 0.3 is 0 Å². The first-order valence-electron chi connectivity index (χ1n) is 5.74. The zero-order valence-corrected chi connectivity index (χ0v) is 13.7. The smallest absolute Gasteiger partial charge is 0.257 e. The van der Waals surface area contributed by atoms with Gasteiger partial charge in [0.1, 0.15) is 0 Å². The van der Waals surface area contributed by atoms with Gasteiger partial charge in [0.05, 0.1) is 0 Å². The summed E-state index contributed by atoms with van der Waals surface area (Å²) in [6.07, 6.45) is -0.392. The minimum atomic E-state index is -2.16. The summed E-state index contributed by atoms with van der Waals surface area (Å²) in [4.78, 5) is 45.5. The quantitative estimate of drug-likeness (QED) is 0.303. The van der Waals surface area contributed by atoms with Crippen molar-refractivity contribution in [1.29, 1.82) is 0 Å². The number of halogens is 2. The predicted octanol–water partition coefficient (Wildman–Crippen LogP) is -1.48. The van der Waals surface area contributed by atoms with Crippen LogP contribution < -0.4 is 22.9 Å². The first kappa shape index (κ1) is 25.0. The lowest BCUT2D eigenvalue weighted by atomic mass is 9.94. The number of primary amides is 4. The van der Waals surface area contributed by atoms with Crippen molar-refractivity contribution in [2.45, 2.75) is 37.8 Å². The van der Waals surface area contributed by atoms with Gasteiger partial charge in [0.2, 0.25) is 11.1 Å². The highest BCUT2D eigenvalue weighted by atomic mass is 35.5. The number of amides is 4. The molecule has 0 aliphatic carbocycles. The molecule has 0 aromatic heterocycles. The van der Waals surface area contributed by atoms with Crippen molar-refractivity contribution in [2.24, 2.45) is 33.2 Å². The van der Waals surface area contributed by atoms with Crippen LogP contribution in [0.15, 0.2) is 10.2 Å². The molecule has 0 saturated carbocycles. The van der Waals surface area contributed by atoms with Crippen LogP contribution in [0.25, 0.3) is 0 Å². The Morgan fingerprint density at radius 1 is 0.682 bits per heavy atom. The van der Waals surface area contributed by atoms with Gasteiger partial charge in [-0.25, -0.2) is 0 Å². The van der Waals surface area contributed by atoms with Crippen molar-refractivity contribution in [3.63, 3.8) is 0 Å². The molecule has 0 rings (SSSR count). The Hall–Kier alpha value is -1.94. The lowest BCUT2D eigenvalue weighted by Crippen LogP contribution is -2.55. The van der Waals surface area contributed by atoms with Gasteiger partial charge in [-0.05, 0) is 12.8 Å². The summed E-state index contributed by atoms with van der Waals surface area (Å²) in [5, 5.41) is 6.87. The topological polar surface area (TPSA) is 197 Å². The Bertz CT molecular complexity index is 412. The van der Waals surface area contributed by atoms with Crippen LogP contribution in [-0.2, 0) is 19.2 Å². The molecule has 0 aliphatic heterocycles. The van der Waals surface area contributed by atoms with E-state index in [9.17, 15) is 19.2 Å². The van der Waals surface area contributed by atoms with Crippen LogP contribution in [0.2, 0.25) is 0 Å². The lowest BCUT2D eigenvalue weighted by molar-refractivity contribution is -0.137. The van der Waals surface area contributed by atoms with Crippen LogP contribution in [0.1, 0.15) is 26.7 Å². The second-order valence-corrected chi connectivity index (χ2v) is 4.08. The predicted molar refractivity (Wildman–Crippen MR) is 82.2 cm³/mol. The van der Waals surface area contributed by atoms with Gasteiger partial charge in [-0.1, -0.05) is 13.8 Å². The maximum absolute atomic E-state index is 11.4. The highest BCUT2D eigenvalue weighted by Crippen LogP contribution is 2.22. The van der Waals surface area contributed by atoms with Crippen LogP contribution >= 0.6 is 24.8 Å². The summed E-state index contributed by atoms with van der Waals surface area (Å²) in [5.41, 5.74) is 16.0. The molecule has 0 spiro atoms. The molecule has 0 aliphatic rings. The normalized spacial score (nSPS) is 11.2. The van der Waals surface area contributed by atoms with Gasteiger partial charge in [0, 0.05) is 0 Å². The Morgan fingerprint density at radius 2 is 0.864 bits per heavy atom. The first-order valence-corrected chi connectivity index (χ1v) is 5.74. The number of nitrogens with zero attached hydrogens (tertiary/aromatic N) is 2. The molecule has 0 saturated heterocycles. The molecule has 10 nitrogen and oxygen atoms in total. The van der Waals surface area contributed by atoms with Crippen LogP contribution in [0, 0.1) is 0 Å². The zero-order chi connectivity index (χ0) is 16.1. The fraction of sp³-hybridized carbons (Fsp3) is 0.600. The molecule has 0 aromatic rings. The average Bonchev–Trinajstić information content (AvgIpc) is 2.33. The van der Waals surface area contributed by atoms with Crippen LogP contribution in [0.4, 0.5) is 0 Å². The van der Waals surface area contributed by atoms with Gasteiger partial charge in [-0.15, -0.1) is 24.8 Å². The molecule has 0 aromatic carbocycles. The van der Waals surface area contributed by atoms with Gasteiger partial charge < -0.3 is 22.9 Å². The Kier molecular flexibility index (Phi) is 10.4. The van der Waals surface area contributed by atoms with E-state index in [0.29, 0.717) is 0 Å². The van der Waals surface area contributed by atoms with E-state index in [1.807, 2.05) is 0 Å². The third-order valence-electron chi connectivity index (χ3n) is 3.05. The fourth-order valence-corrected chi connectivity index (χ4v) is 1.45. The summed E-state index contributed by atoms with van der Waals surface area (Å²) in [6.45, 7) is 2.83. The van der Waals surface area contributed by atoms with E-state index in [1.165, 1.54) is 13.8 Å². The Balaban J connectivity index is -0.00000180. The largest absolute Gasteiger partial charge is 0.367 e. The second-order valence-electron chi connectivity index (χ2n) is 4.08. The summed E-state index contributed by atoms with van der Waals surface area (Å²) >= 11 is 0. The molecule has 12 heteroatoms. The number of hydrogen-bond donors (Lipinski definition) is 4. The molecule has 0 atom stereocenters. The van der Waals surface area contributed by atoms with E-state index in [1.54, 1.807) is 0 Å². The summed E-state index contributed by atoms with van der Waals surface area (Å²) in [6, 6.07) is 0. The van der Waals surface area contributed by atoms with E-state index >= 15 is 0 Å². The minimum absolute atomic E-state index is 0. The molecular formula is C10H20Cl2N6O4. The second kappa shape index (κ2) is 9.15. The molecule has 22 heavy (non-hydrogen) atoms. The fourth-order valence-electron chi connectivity index (χ4n) is 1.45. The van der Waals surface area contributed by atoms with Crippen LogP contribution in [-0.4, -0.2) is 34.7 Å². The van der Waals surface area contributed by atoms with E-state index in [4.69, 9.17) is 22.9 Å². The molecule has 0 heterocycles. The molecular weight excluding hydrogens is 339 g/mol. The number of rotatable bonds is 8. The molecule has 0 radical (unpaired) electrons. The van der Waals surface area contributed by atoms with Crippen molar-refractivity contribution < 1.29 is 19.2 Å². The van der Waals surface area contributed by atoms with E-state index in [2.05, 4.69) is 10.2 Å². The Labute approximate surface area is 139 Å². The minimum Gasteiger partial charge on any atom is -0.367 e. The molecule has 0 fully saturated rings. The molecule has 128 valence electrons. The molecule has 4 amide bonds. The van der Waals surface area contributed by atoms with Gasteiger partial charge in [-0.2, -0.15) is 10.2 Å². The monoisotopic (exact) mass is 358 g/mol.